The van der Waals surface area contributed by atoms with Gasteiger partial charge in [-0.15, -0.1) is 0 Å². The summed E-state index contributed by atoms with van der Waals surface area (Å²) in [5, 5.41) is 1.91. The molecule has 2 amide bonds. The normalized spacial score (nSPS) is 16.3. The van der Waals surface area contributed by atoms with E-state index in [9.17, 15) is 9.59 Å². The molecule has 4 rings (SSSR count). The number of nitrogens with one attached hydrogen (secondary N) is 2. The molecule has 6 heteroatoms. The van der Waals surface area contributed by atoms with Crippen LogP contribution in [0.2, 0.25) is 0 Å². The van der Waals surface area contributed by atoms with Crippen LogP contribution in [0, 0.1) is 0 Å². The highest BCUT2D eigenvalue weighted by atomic mass is 32.2. The molecule has 2 heterocycles. The first-order chi connectivity index (χ1) is 11.2. The Kier molecular flexibility index (Phi) is 3.24. The van der Waals surface area contributed by atoms with Crippen molar-refractivity contribution in [3.05, 3.63) is 59.0 Å². The Labute approximate surface area is 135 Å². The molecule has 0 spiro atoms. The van der Waals surface area contributed by atoms with Crippen molar-refractivity contribution in [1.29, 1.82) is 0 Å². The molecule has 1 saturated heterocycles. The van der Waals surface area contributed by atoms with Crippen LogP contribution in [0.3, 0.4) is 0 Å². The van der Waals surface area contributed by atoms with Crippen LogP contribution in [0.5, 0.6) is 0 Å². The van der Waals surface area contributed by atoms with Gasteiger partial charge in [-0.05, 0) is 35.5 Å². The number of H-pyrrole nitrogens is 1. The Morgan fingerprint density at radius 2 is 1.78 bits per heavy atom. The second-order valence-electron chi connectivity index (χ2n) is 5.08. The molecule has 1 fully saturated rings. The number of fused-ring (bicyclic) bond motifs is 1. The molecule has 0 radical (unpaired) electrons. The summed E-state index contributed by atoms with van der Waals surface area (Å²) in [6.45, 7) is 0. The third-order valence-corrected chi connectivity index (χ3v) is 4.32. The molecule has 0 saturated carbocycles. The molecule has 2 aromatic carbocycles. The molecular formula is C17H11N3O2S. The van der Waals surface area contributed by atoms with Crippen LogP contribution in [0.15, 0.2) is 53.4 Å². The van der Waals surface area contributed by atoms with Gasteiger partial charge in [-0.1, -0.05) is 36.4 Å². The third kappa shape index (κ3) is 2.64. The molecule has 3 aromatic rings. The maximum absolute atomic E-state index is 11.5. The minimum Gasteiger partial charge on any atom is -0.338 e. The number of nitrogens with zero attached hydrogens (tertiary/aromatic N) is 1. The van der Waals surface area contributed by atoms with Crippen LogP contribution < -0.4 is 5.32 Å². The highest BCUT2D eigenvalue weighted by molar-refractivity contribution is 8.18. The highest BCUT2D eigenvalue weighted by Crippen LogP contribution is 2.26. The first kappa shape index (κ1) is 13.8. The largest absolute Gasteiger partial charge is 0.338 e. The van der Waals surface area contributed by atoms with E-state index < -0.39 is 0 Å². The number of hydrogen-bond donors (Lipinski definition) is 2. The molecule has 1 aliphatic rings. The maximum atomic E-state index is 11.5. The summed E-state index contributed by atoms with van der Waals surface area (Å²) in [7, 11) is 0. The average molecular weight is 321 g/mol. The van der Waals surface area contributed by atoms with E-state index in [0.717, 1.165) is 39.7 Å². The summed E-state index contributed by atoms with van der Waals surface area (Å²) < 4.78 is 0. The number of rotatable bonds is 2. The van der Waals surface area contributed by atoms with Crippen molar-refractivity contribution in [3.8, 4) is 11.4 Å². The van der Waals surface area contributed by atoms with Crippen LogP contribution in [0.4, 0.5) is 4.79 Å². The monoisotopic (exact) mass is 321 g/mol. The van der Waals surface area contributed by atoms with Crippen LogP contribution in [-0.2, 0) is 4.79 Å². The van der Waals surface area contributed by atoms with Gasteiger partial charge in [0.15, 0.2) is 0 Å². The van der Waals surface area contributed by atoms with E-state index in [2.05, 4.69) is 15.3 Å². The SMILES string of the molecule is O=C1NC(=O)/C(=C\c2ccc(-c3nc4ccccc4[nH]3)cc2)S1. The number of aromatic amines is 1. The van der Waals surface area contributed by atoms with Crippen LogP contribution in [0.25, 0.3) is 28.5 Å². The fourth-order valence-corrected chi connectivity index (χ4v) is 3.08. The number of para-hydroxylation sites is 2. The molecule has 0 atom stereocenters. The van der Waals surface area contributed by atoms with Gasteiger partial charge >= 0.3 is 0 Å². The minimum absolute atomic E-state index is 0.333. The van der Waals surface area contributed by atoms with Gasteiger partial charge in [0.25, 0.3) is 11.1 Å². The van der Waals surface area contributed by atoms with E-state index in [1.165, 1.54) is 0 Å². The van der Waals surface area contributed by atoms with Crippen LogP contribution in [-0.4, -0.2) is 21.1 Å². The van der Waals surface area contributed by atoms with E-state index in [1.807, 2.05) is 48.5 Å². The van der Waals surface area contributed by atoms with Crippen molar-refractivity contribution in [2.24, 2.45) is 0 Å². The van der Waals surface area contributed by atoms with Crippen molar-refractivity contribution in [2.45, 2.75) is 0 Å². The first-order valence-corrected chi connectivity index (χ1v) is 7.81. The van der Waals surface area contributed by atoms with Crippen LogP contribution in [0.1, 0.15) is 5.56 Å². The summed E-state index contributed by atoms with van der Waals surface area (Å²) in [5.74, 6) is 0.454. The lowest BCUT2D eigenvalue weighted by atomic mass is 10.1. The maximum Gasteiger partial charge on any atom is 0.290 e. The number of carbonyl (C=O) groups excluding carboxylic acids is 2. The summed E-state index contributed by atoms with van der Waals surface area (Å²) >= 11 is 0.915. The zero-order valence-corrected chi connectivity index (χ0v) is 12.7. The average Bonchev–Trinajstić information content (AvgIpc) is 3.11. The molecule has 0 aliphatic carbocycles. The predicted molar refractivity (Wildman–Crippen MR) is 90.6 cm³/mol. The van der Waals surface area contributed by atoms with Crippen molar-refractivity contribution < 1.29 is 9.59 Å². The van der Waals surface area contributed by atoms with Crippen molar-refractivity contribution in [3.63, 3.8) is 0 Å². The number of imidazole rings is 1. The van der Waals surface area contributed by atoms with E-state index in [1.54, 1.807) is 6.08 Å². The molecule has 2 N–H and O–H groups in total. The Hall–Kier alpha value is -2.86. The van der Waals surface area contributed by atoms with Gasteiger partial charge in [0, 0.05) is 5.56 Å². The van der Waals surface area contributed by atoms with Gasteiger partial charge < -0.3 is 4.98 Å². The fraction of sp³-hybridized carbons (Fsp3) is 0. The third-order valence-electron chi connectivity index (χ3n) is 3.51. The van der Waals surface area contributed by atoms with E-state index in [-0.39, 0.29) is 11.1 Å². The number of carbonyl (C=O) groups is 2. The van der Waals surface area contributed by atoms with Gasteiger partial charge in [-0.2, -0.15) is 0 Å². The summed E-state index contributed by atoms with van der Waals surface area (Å²) in [6.07, 6.45) is 1.70. The number of aromatic nitrogens is 2. The number of benzene rings is 2. The Balaban J connectivity index is 1.64. The first-order valence-electron chi connectivity index (χ1n) is 6.99. The standard InChI is InChI=1S/C17H11N3O2S/c21-16-14(23-17(22)20-16)9-10-5-7-11(8-6-10)15-18-12-3-1-2-4-13(12)19-15/h1-9H,(H,18,19)(H,20,21,22)/b14-9+. The van der Waals surface area contributed by atoms with E-state index in [0.29, 0.717) is 4.91 Å². The van der Waals surface area contributed by atoms with Crippen molar-refractivity contribution in [2.75, 3.05) is 0 Å². The van der Waals surface area contributed by atoms with Gasteiger partial charge in [-0.25, -0.2) is 4.98 Å². The molecule has 0 bridgehead atoms. The van der Waals surface area contributed by atoms with Crippen molar-refractivity contribution in [1.82, 2.24) is 15.3 Å². The minimum atomic E-state index is -0.346. The highest BCUT2D eigenvalue weighted by Gasteiger charge is 2.24. The molecule has 23 heavy (non-hydrogen) atoms. The number of amides is 2. The molecule has 0 unspecified atom stereocenters. The molecule has 1 aliphatic heterocycles. The van der Waals surface area contributed by atoms with Gasteiger partial charge in [-0.3, -0.25) is 14.9 Å². The summed E-state index contributed by atoms with van der Waals surface area (Å²) in [6, 6.07) is 15.5. The lowest BCUT2D eigenvalue weighted by Crippen LogP contribution is -2.17. The van der Waals surface area contributed by atoms with Gasteiger partial charge in [0.1, 0.15) is 5.82 Å². The number of thioether (sulfide) groups is 1. The smallest absolute Gasteiger partial charge is 0.290 e. The molecular weight excluding hydrogens is 310 g/mol. The Bertz CT molecular complexity index is 924. The lowest BCUT2D eigenvalue weighted by molar-refractivity contribution is -0.115. The zero-order chi connectivity index (χ0) is 15.8. The van der Waals surface area contributed by atoms with E-state index >= 15 is 0 Å². The van der Waals surface area contributed by atoms with Crippen molar-refractivity contribution >= 4 is 40.0 Å². The summed E-state index contributed by atoms with van der Waals surface area (Å²) in [4.78, 5) is 30.9. The quantitative estimate of drug-likeness (QED) is 0.708. The molecule has 112 valence electrons. The van der Waals surface area contributed by atoms with E-state index in [4.69, 9.17) is 0 Å². The number of hydrogen-bond acceptors (Lipinski definition) is 4. The fourth-order valence-electron chi connectivity index (χ4n) is 2.40. The Morgan fingerprint density at radius 3 is 2.48 bits per heavy atom. The topological polar surface area (TPSA) is 74.8 Å². The van der Waals surface area contributed by atoms with Crippen LogP contribution >= 0.6 is 11.8 Å². The van der Waals surface area contributed by atoms with Gasteiger partial charge in [0.05, 0.1) is 15.9 Å². The second kappa shape index (κ2) is 5.40. The lowest BCUT2D eigenvalue weighted by Gasteiger charge is -1.99. The molecule has 5 nitrogen and oxygen atoms in total. The Morgan fingerprint density at radius 1 is 1.00 bits per heavy atom. The zero-order valence-electron chi connectivity index (χ0n) is 11.9. The second-order valence-corrected chi connectivity index (χ2v) is 6.09. The molecule has 1 aromatic heterocycles. The van der Waals surface area contributed by atoms with Gasteiger partial charge in [0.2, 0.25) is 0 Å². The summed E-state index contributed by atoms with van der Waals surface area (Å²) in [5.41, 5.74) is 3.73. The number of imide groups is 1. The predicted octanol–water partition coefficient (Wildman–Crippen LogP) is 3.55.